The second-order valence-corrected chi connectivity index (χ2v) is 10.5. The number of oxazole rings is 1. The summed E-state index contributed by atoms with van der Waals surface area (Å²) in [5.41, 5.74) is 4.17. The van der Waals surface area contributed by atoms with Gasteiger partial charge in [-0.25, -0.2) is 4.79 Å². The number of fused-ring (bicyclic) bond motifs is 1. The van der Waals surface area contributed by atoms with E-state index in [1.165, 1.54) is 4.57 Å². The number of nitrogens with zero attached hydrogens (tertiary/aromatic N) is 2. The van der Waals surface area contributed by atoms with E-state index in [1.807, 2.05) is 48.2 Å². The molecule has 5 rings (SSSR count). The van der Waals surface area contributed by atoms with Gasteiger partial charge in [0.25, 0.3) is 5.91 Å². The number of hydrogen-bond acceptors (Lipinski definition) is 7. The minimum Gasteiger partial charge on any atom is -0.408 e. The first kappa shape index (κ1) is 22.7. The Bertz CT molecular complexity index is 1300. The van der Waals surface area contributed by atoms with Gasteiger partial charge in [0.15, 0.2) is 5.58 Å². The van der Waals surface area contributed by atoms with Crippen molar-refractivity contribution in [1.29, 1.82) is 5.26 Å². The lowest BCUT2D eigenvalue weighted by Gasteiger charge is -2.39. The summed E-state index contributed by atoms with van der Waals surface area (Å²) >= 11 is 1.89. The molecule has 3 atom stereocenters. The topological polar surface area (TPSA) is 109 Å². The molecule has 2 N–H and O–H groups in total. The summed E-state index contributed by atoms with van der Waals surface area (Å²) in [5, 5.41) is 15.8. The molecule has 2 aromatic carbocycles. The van der Waals surface area contributed by atoms with Crippen LogP contribution in [-0.4, -0.2) is 52.8 Å². The van der Waals surface area contributed by atoms with Crippen molar-refractivity contribution in [3.63, 3.8) is 0 Å². The molecule has 0 saturated carbocycles. The number of rotatable bonds is 5. The molecule has 34 heavy (non-hydrogen) atoms. The number of nitriles is 1. The number of aromatic nitrogens is 1. The van der Waals surface area contributed by atoms with Crippen molar-refractivity contribution in [3.8, 4) is 17.2 Å². The Balaban J connectivity index is 1.22. The SMILES string of the molecule is Cn1c(=O)oc2ccc(-c3ccc(C[C@@H](C#N)NC(=O)[C@@H]4CNCC5(CCS5)CO4)cc3)cc21. The number of hydrogen-bond donors (Lipinski definition) is 2. The first-order valence-electron chi connectivity index (χ1n) is 11.3. The van der Waals surface area contributed by atoms with E-state index in [0.717, 1.165) is 40.9 Å². The zero-order valence-corrected chi connectivity index (χ0v) is 19.7. The largest absolute Gasteiger partial charge is 0.419 e. The standard InChI is InChI=1S/C25H26N4O4S/c1-29-20-11-18(6-7-21(20)33-24(29)31)17-4-2-16(3-5-17)10-19(12-26)28-23(30)22-13-27-14-25(15-32-22)8-9-34-25/h2-7,11,19,22,27H,8-10,13-15H2,1H3,(H,28,30)/t19-,22-,25?/m0/s1. The van der Waals surface area contributed by atoms with Gasteiger partial charge in [-0.05, 0) is 41.0 Å². The lowest BCUT2D eigenvalue weighted by Crippen LogP contribution is -2.46. The van der Waals surface area contributed by atoms with Gasteiger partial charge in [-0.3, -0.25) is 9.36 Å². The molecule has 2 aliphatic rings. The molecule has 1 spiro atoms. The smallest absolute Gasteiger partial charge is 0.408 e. The quantitative estimate of drug-likeness (QED) is 0.579. The van der Waals surface area contributed by atoms with Gasteiger partial charge < -0.3 is 19.8 Å². The summed E-state index contributed by atoms with van der Waals surface area (Å²) in [4.78, 5) is 24.5. The summed E-state index contributed by atoms with van der Waals surface area (Å²) in [6.45, 7) is 1.85. The average molecular weight is 479 g/mol. The average Bonchev–Trinajstić information content (AvgIpc) is 2.99. The van der Waals surface area contributed by atoms with Gasteiger partial charge in [-0.2, -0.15) is 17.0 Å². The second-order valence-electron chi connectivity index (χ2n) is 8.91. The summed E-state index contributed by atoms with van der Waals surface area (Å²) in [7, 11) is 1.68. The highest BCUT2D eigenvalue weighted by molar-refractivity contribution is 8.02. The van der Waals surface area contributed by atoms with Crippen LogP contribution in [0.3, 0.4) is 0 Å². The van der Waals surface area contributed by atoms with E-state index in [-0.39, 0.29) is 10.7 Å². The van der Waals surface area contributed by atoms with E-state index in [2.05, 4.69) is 16.7 Å². The molecule has 0 radical (unpaired) electrons. The highest BCUT2D eigenvalue weighted by Gasteiger charge is 2.41. The van der Waals surface area contributed by atoms with Gasteiger partial charge in [0.1, 0.15) is 12.1 Å². The predicted molar refractivity (Wildman–Crippen MR) is 131 cm³/mol. The van der Waals surface area contributed by atoms with Crippen molar-refractivity contribution in [2.75, 3.05) is 25.4 Å². The van der Waals surface area contributed by atoms with Crippen LogP contribution < -0.4 is 16.4 Å². The Morgan fingerprint density at radius 2 is 2.09 bits per heavy atom. The van der Waals surface area contributed by atoms with Crippen LogP contribution in [0.5, 0.6) is 0 Å². The Kier molecular flexibility index (Phi) is 6.21. The van der Waals surface area contributed by atoms with E-state index in [1.54, 1.807) is 13.1 Å². The number of nitrogens with one attached hydrogen (secondary N) is 2. The van der Waals surface area contributed by atoms with Gasteiger partial charge in [0, 0.05) is 26.6 Å². The van der Waals surface area contributed by atoms with E-state index in [9.17, 15) is 14.9 Å². The molecule has 8 nitrogen and oxygen atoms in total. The number of carbonyl (C=O) groups is 1. The zero-order chi connectivity index (χ0) is 23.7. The summed E-state index contributed by atoms with van der Waals surface area (Å²) in [5.74, 6) is 0.490. The highest BCUT2D eigenvalue weighted by Crippen LogP contribution is 2.41. The lowest BCUT2D eigenvalue weighted by molar-refractivity contribution is -0.132. The van der Waals surface area contributed by atoms with Gasteiger partial charge in [-0.1, -0.05) is 30.3 Å². The fourth-order valence-corrected chi connectivity index (χ4v) is 5.51. The van der Waals surface area contributed by atoms with Crippen molar-refractivity contribution in [2.45, 2.75) is 29.7 Å². The fourth-order valence-electron chi connectivity index (χ4n) is 4.37. The third-order valence-electron chi connectivity index (χ3n) is 6.57. The van der Waals surface area contributed by atoms with Crippen LogP contribution >= 0.6 is 11.8 Å². The Morgan fingerprint density at radius 3 is 2.79 bits per heavy atom. The lowest BCUT2D eigenvalue weighted by atomic mass is 10.0. The molecule has 2 saturated heterocycles. The Morgan fingerprint density at radius 1 is 1.32 bits per heavy atom. The van der Waals surface area contributed by atoms with Crippen LogP contribution in [0.25, 0.3) is 22.2 Å². The number of thioether (sulfide) groups is 1. The minimum atomic E-state index is -0.644. The molecule has 1 unspecified atom stereocenters. The van der Waals surface area contributed by atoms with Crippen LogP contribution in [0.2, 0.25) is 0 Å². The maximum atomic E-state index is 12.7. The summed E-state index contributed by atoms with van der Waals surface area (Å²) in [6.07, 6.45) is 0.911. The summed E-state index contributed by atoms with van der Waals surface area (Å²) in [6, 6.07) is 15.0. The fraction of sp³-hybridized carbons (Fsp3) is 0.400. The molecule has 2 fully saturated rings. The highest BCUT2D eigenvalue weighted by atomic mass is 32.2. The third-order valence-corrected chi connectivity index (χ3v) is 8.06. The van der Waals surface area contributed by atoms with E-state index >= 15 is 0 Å². The molecule has 3 aromatic rings. The molecule has 3 heterocycles. The molecule has 0 bridgehead atoms. The van der Waals surface area contributed by atoms with Crippen molar-refractivity contribution >= 4 is 28.8 Å². The summed E-state index contributed by atoms with van der Waals surface area (Å²) < 4.78 is 12.7. The van der Waals surface area contributed by atoms with Crippen molar-refractivity contribution < 1.29 is 13.9 Å². The maximum absolute atomic E-state index is 12.7. The van der Waals surface area contributed by atoms with E-state index in [0.29, 0.717) is 25.2 Å². The second kappa shape index (κ2) is 9.29. The number of carbonyl (C=O) groups excluding carboxylic acids is 1. The van der Waals surface area contributed by atoms with E-state index < -0.39 is 17.9 Å². The Labute approximate surface area is 201 Å². The van der Waals surface area contributed by atoms with Crippen LogP contribution in [-0.2, 0) is 23.0 Å². The van der Waals surface area contributed by atoms with Gasteiger partial charge in [-0.15, -0.1) is 0 Å². The first-order valence-corrected chi connectivity index (χ1v) is 12.3. The predicted octanol–water partition coefficient (Wildman–Crippen LogP) is 2.21. The molecule has 1 aromatic heterocycles. The number of aryl methyl sites for hydroxylation is 1. The molecule has 176 valence electrons. The normalized spacial score (nSPS) is 23.1. The van der Waals surface area contributed by atoms with Crippen LogP contribution in [0.15, 0.2) is 51.7 Å². The third kappa shape index (κ3) is 4.49. The molecular formula is C25H26N4O4S. The monoisotopic (exact) mass is 478 g/mol. The molecule has 2 aliphatic heterocycles. The molecule has 0 aliphatic carbocycles. The Hall–Kier alpha value is -3.06. The van der Waals surface area contributed by atoms with Crippen LogP contribution in [0.4, 0.5) is 0 Å². The van der Waals surface area contributed by atoms with Crippen molar-refractivity contribution in [2.24, 2.45) is 7.05 Å². The first-order chi connectivity index (χ1) is 16.5. The van der Waals surface area contributed by atoms with Crippen molar-refractivity contribution in [1.82, 2.24) is 15.2 Å². The molecule has 9 heteroatoms. The van der Waals surface area contributed by atoms with Crippen LogP contribution in [0, 0.1) is 11.3 Å². The van der Waals surface area contributed by atoms with Gasteiger partial charge in [0.2, 0.25) is 0 Å². The number of benzene rings is 2. The van der Waals surface area contributed by atoms with Gasteiger partial charge in [0.05, 0.1) is 22.9 Å². The van der Waals surface area contributed by atoms with E-state index in [4.69, 9.17) is 9.15 Å². The zero-order valence-electron chi connectivity index (χ0n) is 18.9. The molecule has 1 amide bonds. The van der Waals surface area contributed by atoms with Crippen LogP contribution in [0.1, 0.15) is 12.0 Å². The number of amides is 1. The molecular weight excluding hydrogens is 452 g/mol. The van der Waals surface area contributed by atoms with Crippen molar-refractivity contribution in [3.05, 3.63) is 58.6 Å². The minimum absolute atomic E-state index is 0.0994. The maximum Gasteiger partial charge on any atom is 0.419 e. The van der Waals surface area contributed by atoms with Gasteiger partial charge >= 0.3 is 5.76 Å². The number of ether oxygens (including phenoxy) is 1.